The van der Waals surface area contributed by atoms with Crippen molar-refractivity contribution < 1.29 is 9.13 Å². The Morgan fingerprint density at radius 3 is 2.53 bits per heavy atom. The Balaban J connectivity index is 2.45. The van der Waals surface area contributed by atoms with Gasteiger partial charge in [0, 0.05) is 18.6 Å². The molecule has 1 aliphatic rings. The number of methoxy groups -OCH3 is 1. The van der Waals surface area contributed by atoms with Crippen LogP contribution >= 0.6 is 0 Å². The van der Waals surface area contributed by atoms with Gasteiger partial charge in [-0.25, -0.2) is 0 Å². The molecule has 90 valence electrons. The fourth-order valence-corrected chi connectivity index (χ4v) is 2.91. The van der Waals surface area contributed by atoms with E-state index < -0.39 is 0 Å². The third-order valence-corrected chi connectivity index (χ3v) is 4.09. The minimum absolute atomic E-state index is 0.224. The summed E-state index contributed by atoms with van der Waals surface area (Å²) in [5, 5.41) is 3.46. The maximum absolute atomic E-state index is 12.0. The fourth-order valence-electron chi connectivity index (χ4n) is 2.91. The summed E-state index contributed by atoms with van der Waals surface area (Å²) in [4.78, 5) is 0. The van der Waals surface area contributed by atoms with Crippen molar-refractivity contribution in [2.24, 2.45) is 5.41 Å². The molecule has 0 aliphatic heterocycles. The standard InChI is InChI=1S/C12H24FNO/c1-4-12(5-2)10(9-11(12)15-3)14-8-6-7-13/h10-11,14H,4-9H2,1-3H3. The van der Waals surface area contributed by atoms with Crippen molar-refractivity contribution in [1.29, 1.82) is 0 Å². The highest BCUT2D eigenvalue weighted by atomic mass is 19.1. The van der Waals surface area contributed by atoms with Gasteiger partial charge >= 0.3 is 0 Å². The zero-order valence-corrected chi connectivity index (χ0v) is 10.2. The second kappa shape index (κ2) is 5.80. The molecule has 1 aliphatic carbocycles. The van der Waals surface area contributed by atoms with Gasteiger partial charge in [-0.3, -0.25) is 4.39 Å². The van der Waals surface area contributed by atoms with Gasteiger partial charge in [0.2, 0.25) is 0 Å². The third kappa shape index (κ3) is 2.34. The first-order valence-corrected chi connectivity index (χ1v) is 6.07. The highest BCUT2D eigenvalue weighted by Gasteiger charge is 2.52. The molecule has 0 bridgehead atoms. The van der Waals surface area contributed by atoms with Crippen LogP contribution in [0.1, 0.15) is 39.5 Å². The summed E-state index contributed by atoms with van der Waals surface area (Å²) in [6, 6.07) is 0.518. The Hall–Kier alpha value is -0.150. The molecule has 2 nitrogen and oxygen atoms in total. The number of alkyl halides is 1. The fraction of sp³-hybridized carbons (Fsp3) is 1.00. The Kier molecular flexibility index (Phi) is 5.00. The number of hydrogen-bond acceptors (Lipinski definition) is 2. The summed E-state index contributed by atoms with van der Waals surface area (Å²) in [5.74, 6) is 0. The lowest BCUT2D eigenvalue weighted by atomic mass is 9.58. The maximum atomic E-state index is 12.0. The van der Waals surface area contributed by atoms with Gasteiger partial charge in [0.25, 0.3) is 0 Å². The van der Waals surface area contributed by atoms with Crippen LogP contribution in [0.15, 0.2) is 0 Å². The third-order valence-electron chi connectivity index (χ3n) is 4.09. The highest BCUT2D eigenvalue weighted by molar-refractivity contribution is 5.06. The highest BCUT2D eigenvalue weighted by Crippen LogP contribution is 2.48. The summed E-state index contributed by atoms with van der Waals surface area (Å²) in [7, 11) is 1.79. The van der Waals surface area contributed by atoms with Crippen LogP contribution in [0.3, 0.4) is 0 Å². The number of ether oxygens (including phenoxy) is 1. The van der Waals surface area contributed by atoms with Crippen molar-refractivity contribution in [3.05, 3.63) is 0 Å². The lowest BCUT2D eigenvalue weighted by Crippen LogP contribution is -2.63. The molecule has 0 aromatic heterocycles. The van der Waals surface area contributed by atoms with Crippen LogP contribution in [0.2, 0.25) is 0 Å². The lowest BCUT2D eigenvalue weighted by Gasteiger charge is -2.55. The van der Waals surface area contributed by atoms with E-state index in [2.05, 4.69) is 19.2 Å². The van der Waals surface area contributed by atoms with Crippen molar-refractivity contribution in [3.63, 3.8) is 0 Å². The van der Waals surface area contributed by atoms with Crippen molar-refractivity contribution in [2.45, 2.75) is 51.7 Å². The van der Waals surface area contributed by atoms with Crippen LogP contribution in [-0.2, 0) is 4.74 Å². The molecule has 2 unspecified atom stereocenters. The predicted molar refractivity (Wildman–Crippen MR) is 60.8 cm³/mol. The molecule has 0 aromatic carbocycles. The quantitative estimate of drug-likeness (QED) is 0.662. The molecule has 1 saturated carbocycles. The van der Waals surface area contributed by atoms with Crippen LogP contribution in [0.4, 0.5) is 4.39 Å². The molecule has 0 saturated heterocycles. The Bertz CT molecular complexity index is 182. The van der Waals surface area contributed by atoms with Gasteiger partial charge < -0.3 is 10.1 Å². The summed E-state index contributed by atoms with van der Waals surface area (Å²) >= 11 is 0. The summed E-state index contributed by atoms with van der Waals surface area (Å²) in [5.41, 5.74) is 0.283. The second-order valence-electron chi connectivity index (χ2n) is 4.45. The van der Waals surface area contributed by atoms with Crippen molar-refractivity contribution in [2.75, 3.05) is 20.3 Å². The largest absolute Gasteiger partial charge is 0.381 e. The smallest absolute Gasteiger partial charge is 0.0906 e. The average Bonchev–Trinajstić information content (AvgIpc) is 2.24. The van der Waals surface area contributed by atoms with Crippen LogP contribution < -0.4 is 5.32 Å². The number of nitrogens with one attached hydrogen (secondary N) is 1. The van der Waals surface area contributed by atoms with E-state index in [1.165, 1.54) is 0 Å². The maximum Gasteiger partial charge on any atom is 0.0906 e. The first-order valence-electron chi connectivity index (χ1n) is 6.07. The van der Waals surface area contributed by atoms with Gasteiger partial charge in [-0.05, 0) is 32.2 Å². The minimum Gasteiger partial charge on any atom is -0.381 e. The Morgan fingerprint density at radius 2 is 2.07 bits per heavy atom. The van der Waals surface area contributed by atoms with E-state index in [1.54, 1.807) is 7.11 Å². The zero-order valence-electron chi connectivity index (χ0n) is 10.2. The summed E-state index contributed by atoms with van der Waals surface area (Å²) in [6.45, 7) is 5.01. The molecule has 2 atom stereocenters. The van der Waals surface area contributed by atoms with E-state index in [0.717, 1.165) is 25.8 Å². The zero-order chi connectivity index (χ0) is 11.3. The van der Waals surface area contributed by atoms with E-state index in [1.807, 2.05) is 0 Å². The monoisotopic (exact) mass is 217 g/mol. The molecule has 0 heterocycles. The van der Waals surface area contributed by atoms with Gasteiger partial charge in [-0.15, -0.1) is 0 Å². The Labute approximate surface area is 92.6 Å². The van der Waals surface area contributed by atoms with Gasteiger partial charge in [0.1, 0.15) is 0 Å². The van der Waals surface area contributed by atoms with Crippen molar-refractivity contribution in [3.8, 4) is 0 Å². The molecule has 3 heteroatoms. The van der Waals surface area contributed by atoms with E-state index in [0.29, 0.717) is 18.6 Å². The van der Waals surface area contributed by atoms with Crippen LogP contribution in [0.5, 0.6) is 0 Å². The summed E-state index contributed by atoms with van der Waals surface area (Å²) in [6.07, 6.45) is 4.35. The molecule has 1 rings (SSSR count). The molecule has 0 radical (unpaired) electrons. The molecule has 0 aromatic rings. The molecule has 0 spiro atoms. The first-order chi connectivity index (χ1) is 7.25. The molecule has 1 fully saturated rings. The van der Waals surface area contributed by atoms with Gasteiger partial charge in [-0.1, -0.05) is 13.8 Å². The number of rotatable bonds is 7. The molecule has 0 amide bonds. The number of halogens is 1. The van der Waals surface area contributed by atoms with Crippen LogP contribution in [0, 0.1) is 5.41 Å². The van der Waals surface area contributed by atoms with Crippen LogP contribution in [0.25, 0.3) is 0 Å². The normalized spacial score (nSPS) is 28.8. The SMILES string of the molecule is CCC1(CC)C(NCCCF)CC1OC. The van der Waals surface area contributed by atoms with Crippen LogP contribution in [-0.4, -0.2) is 32.5 Å². The van der Waals surface area contributed by atoms with Gasteiger partial charge in [-0.2, -0.15) is 0 Å². The van der Waals surface area contributed by atoms with Crippen molar-refractivity contribution >= 4 is 0 Å². The van der Waals surface area contributed by atoms with E-state index >= 15 is 0 Å². The van der Waals surface area contributed by atoms with E-state index in [-0.39, 0.29) is 12.1 Å². The first kappa shape index (κ1) is 12.9. The Morgan fingerprint density at radius 1 is 1.40 bits per heavy atom. The van der Waals surface area contributed by atoms with Crippen molar-refractivity contribution in [1.82, 2.24) is 5.32 Å². The predicted octanol–water partition coefficient (Wildman–Crippen LogP) is 2.53. The second-order valence-corrected chi connectivity index (χ2v) is 4.45. The molecular formula is C12H24FNO. The molecule has 1 N–H and O–H groups in total. The number of hydrogen-bond donors (Lipinski definition) is 1. The molecular weight excluding hydrogens is 193 g/mol. The topological polar surface area (TPSA) is 21.3 Å². The lowest BCUT2D eigenvalue weighted by molar-refractivity contribution is -0.123. The average molecular weight is 217 g/mol. The van der Waals surface area contributed by atoms with E-state index in [4.69, 9.17) is 4.74 Å². The summed E-state index contributed by atoms with van der Waals surface area (Å²) < 4.78 is 17.5. The van der Waals surface area contributed by atoms with Gasteiger partial charge in [0.15, 0.2) is 0 Å². The van der Waals surface area contributed by atoms with Gasteiger partial charge in [0.05, 0.1) is 12.8 Å². The minimum atomic E-state index is -0.224. The van der Waals surface area contributed by atoms with E-state index in [9.17, 15) is 4.39 Å². The molecule has 15 heavy (non-hydrogen) atoms.